The van der Waals surface area contributed by atoms with E-state index in [2.05, 4.69) is 10.2 Å². The minimum Gasteiger partial charge on any atom is -0.497 e. The maximum Gasteiger partial charge on any atom is 0.119 e. The Morgan fingerprint density at radius 2 is 1.78 bits per heavy atom. The number of methoxy groups -OCH3 is 1. The van der Waals surface area contributed by atoms with E-state index in [1.807, 2.05) is 24.3 Å². The highest BCUT2D eigenvalue weighted by Crippen LogP contribution is 2.17. The first-order chi connectivity index (χ1) is 8.88. The van der Waals surface area contributed by atoms with Crippen LogP contribution in [0.5, 0.6) is 11.5 Å². The molecule has 100 valence electrons. The molecule has 1 aromatic rings. The molecule has 0 aromatic heterocycles. The van der Waals surface area contributed by atoms with Crippen LogP contribution in [-0.4, -0.2) is 51.3 Å². The molecule has 0 radical (unpaired) electrons. The summed E-state index contributed by atoms with van der Waals surface area (Å²) in [6, 6.07) is 7.74. The molecule has 4 heteroatoms. The van der Waals surface area contributed by atoms with E-state index in [4.69, 9.17) is 9.47 Å². The third-order valence-electron chi connectivity index (χ3n) is 3.16. The van der Waals surface area contributed by atoms with Crippen molar-refractivity contribution in [1.29, 1.82) is 0 Å². The van der Waals surface area contributed by atoms with Gasteiger partial charge in [0.05, 0.1) is 13.7 Å². The van der Waals surface area contributed by atoms with Crippen LogP contribution in [0.15, 0.2) is 24.3 Å². The SMILES string of the molecule is COc1ccc(OCCCN2CCNCC2)cc1. The average molecular weight is 250 g/mol. The Bertz CT molecular complexity index is 334. The molecule has 1 aromatic carbocycles. The predicted molar refractivity (Wildman–Crippen MR) is 72.4 cm³/mol. The lowest BCUT2D eigenvalue weighted by Gasteiger charge is -2.26. The monoisotopic (exact) mass is 250 g/mol. The molecule has 18 heavy (non-hydrogen) atoms. The van der Waals surface area contributed by atoms with Gasteiger partial charge >= 0.3 is 0 Å². The lowest BCUT2D eigenvalue weighted by Crippen LogP contribution is -2.43. The molecule has 1 aliphatic heterocycles. The Morgan fingerprint density at radius 3 is 2.44 bits per heavy atom. The minimum atomic E-state index is 0.774. The molecule has 2 rings (SSSR count). The third-order valence-corrected chi connectivity index (χ3v) is 3.16. The van der Waals surface area contributed by atoms with E-state index < -0.39 is 0 Å². The highest BCUT2D eigenvalue weighted by atomic mass is 16.5. The maximum atomic E-state index is 5.70. The lowest BCUT2D eigenvalue weighted by molar-refractivity contribution is 0.214. The van der Waals surface area contributed by atoms with Crippen molar-refractivity contribution >= 4 is 0 Å². The van der Waals surface area contributed by atoms with Crippen molar-refractivity contribution in [3.63, 3.8) is 0 Å². The summed E-state index contributed by atoms with van der Waals surface area (Å²) in [4.78, 5) is 2.48. The number of hydrogen-bond donors (Lipinski definition) is 1. The Labute approximate surface area is 109 Å². The summed E-state index contributed by atoms with van der Waals surface area (Å²) < 4.78 is 10.8. The van der Waals surface area contributed by atoms with Gasteiger partial charge in [-0.05, 0) is 30.7 Å². The summed E-state index contributed by atoms with van der Waals surface area (Å²) in [5.41, 5.74) is 0. The quantitative estimate of drug-likeness (QED) is 0.773. The highest BCUT2D eigenvalue weighted by molar-refractivity contribution is 5.31. The fourth-order valence-electron chi connectivity index (χ4n) is 2.08. The van der Waals surface area contributed by atoms with E-state index in [0.717, 1.165) is 57.3 Å². The number of hydrogen-bond acceptors (Lipinski definition) is 4. The fourth-order valence-corrected chi connectivity index (χ4v) is 2.08. The van der Waals surface area contributed by atoms with Crippen molar-refractivity contribution in [2.24, 2.45) is 0 Å². The zero-order valence-corrected chi connectivity index (χ0v) is 11.0. The second-order valence-corrected chi connectivity index (χ2v) is 4.47. The summed E-state index contributed by atoms with van der Waals surface area (Å²) in [6.07, 6.45) is 1.08. The van der Waals surface area contributed by atoms with Gasteiger partial charge < -0.3 is 19.7 Å². The molecule has 1 heterocycles. The molecule has 0 unspecified atom stereocenters. The smallest absolute Gasteiger partial charge is 0.119 e. The summed E-state index contributed by atoms with van der Waals surface area (Å²) in [5, 5.41) is 3.36. The van der Waals surface area contributed by atoms with Crippen LogP contribution in [0.1, 0.15) is 6.42 Å². The number of rotatable bonds is 6. The number of piperazine rings is 1. The average Bonchev–Trinajstić information content (AvgIpc) is 2.45. The zero-order chi connectivity index (χ0) is 12.6. The summed E-state index contributed by atoms with van der Waals surface area (Å²) in [5.74, 6) is 1.78. The number of nitrogens with zero attached hydrogens (tertiary/aromatic N) is 1. The topological polar surface area (TPSA) is 33.7 Å². The number of nitrogens with one attached hydrogen (secondary N) is 1. The minimum absolute atomic E-state index is 0.774. The van der Waals surface area contributed by atoms with Crippen molar-refractivity contribution in [2.75, 3.05) is 46.4 Å². The Kier molecular flexibility index (Phi) is 5.30. The van der Waals surface area contributed by atoms with Gasteiger partial charge in [-0.3, -0.25) is 0 Å². The predicted octanol–water partition coefficient (Wildman–Crippen LogP) is 1.37. The first kappa shape index (κ1) is 13.2. The fraction of sp³-hybridized carbons (Fsp3) is 0.571. The number of benzene rings is 1. The lowest BCUT2D eigenvalue weighted by atomic mass is 10.3. The summed E-state index contributed by atoms with van der Waals surface area (Å²) >= 11 is 0. The van der Waals surface area contributed by atoms with Crippen molar-refractivity contribution in [3.8, 4) is 11.5 Å². The van der Waals surface area contributed by atoms with E-state index in [-0.39, 0.29) is 0 Å². The molecule has 0 spiro atoms. The van der Waals surface area contributed by atoms with Gasteiger partial charge in [0.1, 0.15) is 11.5 Å². The highest BCUT2D eigenvalue weighted by Gasteiger charge is 2.08. The van der Waals surface area contributed by atoms with Gasteiger partial charge in [-0.1, -0.05) is 0 Å². The maximum absolute atomic E-state index is 5.70. The molecule has 1 saturated heterocycles. The van der Waals surface area contributed by atoms with Gasteiger partial charge in [0.25, 0.3) is 0 Å². The first-order valence-electron chi connectivity index (χ1n) is 6.58. The summed E-state index contributed by atoms with van der Waals surface area (Å²) in [7, 11) is 1.67. The van der Waals surface area contributed by atoms with Crippen LogP contribution in [0.25, 0.3) is 0 Å². The molecule has 1 aliphatic rings. The van der Waals surface area contributed by atoms with Gasteiger partial charge in [0, 0.05) is 32.7 Å². The second kappa shape index (κ2) is 7.24. The summed E-state index contributed by atoms with van der Waals surface area (Å²) in [6.45, 7) is 6.43. The van der Waals surface area contributed by atoms with Gasteiger partial charge in [0.15, 0.2) is 0 Å². The van der Waals surface area contributed by atoms with Crippen LogP contribution < -0.4 is 14.8 Å². The Hall–Kier alpha value is -1.26. The van der Waals surface area contributed by atoms with Crippen LogP contribution in [-0.2, 0) is 0 Å². The standard InChI is InChI=1S/C14H22N2O2/c1-17-13-3-5-14(6-4-13)18-12-2-9-16-10-7-15-8-11-16/h3-6,15H,2,7-12H2,1H3. The molecule has 1 fully saturated rings. The van der Waals surface area contributed by atoms with Crippen LogP contribution >= 0.6 is 0 Å². The van der Waals surface area contributed by atoms with E-state index in [9.17, 15) is 0 Å². The van der Waals surface area contributed by atoms with Crippen molar-refractivity contribution in [3.05, 3.63) is 24.3 Å². The largest absolute Gasteiger partial charge is 0.497 e. The van der Waals surface area contributed by atoms with E-state index in [1.165, 1.54) is 0 Å². The molecule has 0 bridgehead atoms. The van der Waals surface area contributed by atoms with Crippen molar-refractivity contribution < 1.29 is 9.47 Å². The van der Waals surface area contributed by atoms with E-state index >= 15 is 0 Å². The number of ether oxygens (including phenoxy) is 2. The molecule has 0 saturated carbocycles. The molecule has 0 amide bonds. The van der Waals surface area contributed by atoms with E-state index in [1.54, 1.807) is 7.11 Å². The third kappa shape index (κ3) is 4.20. The van der Waals surface area contributed by atoms with Crippen LogP contribution in [0, 0.1) is 0 Å². The Morgan fingerprint density at radius 1 is 1.11 bits per heavy atom. The first-order valence-corrected chi connectivity index (χ1v) is 6.58. The van der Waals surface area contributed by atoms with Gasteiger partial charge in [-0.2, -0.15) is 0 Å². The molecule has 0 aliphatic carbocycles. The molecular formula is C14H22N2O2. The van der Waals surface area contributed by atoms with Gasteiger partial charge in [-0.25, -0.2) is 0 Å². The second-order valence-electron chi connectivity index (χ2n) is 4.47. The van der Waals surface area contributed by atoms with Gasteiger partial charge in [-0.15, -0.1) is 0 Å². The molecule has 4 nitrogen and oxygen atoms in total. The Balaban J connectivity index is 1.62. The van der Waals surface area contributed by atoms with E-state index in [0.29, 0.717) is 0 Å². The van der Waals surface area contributed by atoms with Crippen molar-refractivity contribution in [1.82, 2.24) is 10.2 Å². The van der Waals surface area contributed by atoms with Crippen molar-refractivity contribution in [2.45, 2.75) is 6.42 Å². The van der Waals surface area contributed by atoms with Crippen LogP contribution in [0.3, 0.4) is 0 Å². The van der Waals surface area contributed by atoms with Crippen LogP contribution in [0.4, 0.5) is 0 Å². The molecule has 0 atom stereocenters. The van der Waals surface area contributed by atoms with Crippen LogP contribution in [0.2, 0.25) is 0 Å². The zero-order valence-electron chi connectivity index (χ0n) is 11.0. The normalized spacial score (nSPS) is 16.5. The van der Waals surface area contributed by atoms with Gasteiger partial charge in [0.2, 0.25) is 0 Å². The molecular weight excluding hydrogens is 228 g/mol. The molecule has 1 N–H and O–H groups in total.